The van der Waals surface area contributed by atoms with Crippen molar-refractivity contribution in [1.29, 1.82) is 0 Å². The van der Waals surface area contributed by atoms with Gasteiger partial charge < -0.3 is 20.3 Å². The molecule has 3 aromatic carbocycles. The fourth-order valence-electron chi connectivity index (χ4n) is 5.94. The lowest BCUT2D eigenvalue weighted by Crippen LogP contribution is -2.40. The Kier molecular flexibility index (Phi) is 6.50. The molecule has 2 heterocycles. The highest BCUT2D eigenvalue weighted by molar-refractivity contribution is 6.03. The number of hydrogen-bond donors (Lipinski definition) is 2. The Morgan fingerprint density at radius 2 is 1.80 bits per heavy atom. The number of amides is 1. The molecule has 1 aromatic heterocycles. The van der Waals surface area contributed by atoms with Gasteiger partial charge in [-0.2, -0.15) is 0 Å². The number of fused-ring (bicyclic) bond motifs is 2. The van der Waals surface area contributed by atoms with Crippen molar-refractivity contribution < 1.29 is 14.3 Å². The zero-order chi connectivity index (χ0) is 27.9. The van der Waals surface area contributed by atoms with E-state index in [2.05, 4.69) is 29.5 Å². The number of benzene rings is 3. The van der Waals surface area contributed by atoms with E-state index in [1.54, 1.807) is 13.3 Å². The Balaban J connectivity index is 1.46. The summed E-state index contributed by atoms with van der Waals surface area (Å²) in [5.41, 5.74) is 5.41. The number of nitrogens with zero attached hydrogens (tertiary/aromatic N) is 2. The van der Waals surface area contributed by atoms with Crippen LogP contribution in [0.15, 0.2) is 96.3 Å². The van der Waals surface area contributed by atoms with Gasteiger partial charge in [-0.15, -0.1) is 0 Å². The van der Waals surface area contributed by atoms with Gasteiger partial charge in [-0.25, -0.2) is 0 Å². The molecule has 1 amide bonds. The molecule has 1 aliphatic carbocycles. The molecule has 0 bridgehead atoms. The SMILES string of the molecule is COc1ccccc1C1C2=C(CC(C)(C)CC2=O)Nc2ccccc2N1CC(=O)Nc1cnc2ccccc2c1. The molecule has 2 N–H and O–H groups in total. The smallest absolute Gasteiger partial charge is 0.243 e. The summed E-state index contributed by atoms with van der Waals surface area (Å²) in [5, 5.41) is 7.57. The van der Waals surface area contributed by atoms with Crippen LogP contribution in [0.25, 0.3) is 10.9 Å². The summed E-state index contributed by atoms with van der Waals surface area (Å²) in [4.78, 5) is 34.1. The molecule has 7 heteroatoms. The van der Waals surface area contributed by atoms with Crippen LogP contribution in [-0.4, -0.2) is 30.3 Å². The average molecular weight is 533 g/mol. The van der Waals surface area contributed by atoms with Gasteiger partial charge >= 0.3 is 0 Å². The van der Waals surface area contributed by atoms with Gasteiger partial charge in [-0.1, -0.05) is 62.4 Å². The maximum atomic E-state index is 13.9. The number of methoxy groups -OCH3 is 1. The number of para-hydroxylation sites is 4. The van der Waals surface area contributed by atoms with Crippen molar-refractivity contribution in [3.63, 3.8) is 0 Å². The number of carbonyl (C=O) groups excluding carboxylic acids is 2. The largest absolute Gasteiger partial charge is 0.496 e. The van der Waals surface area contributed by atoms with E-state index < -0.39 is 6.04 Å². The van der Waals surface area contributed by atoms with Gasteiger partial charge in [0.15, 0.2) is 5.78 Å². The van der Waals surface area contributed by atoms with Gasteiger partial charge in [0.05, 0.1) is 48.5 Å². The van der Waals surface area contributed by atoms with Crippen LogP contribution in [0.2, 0.25) is 0 Å². The number of nitrogens with one attached hydrogen (secondary N) is 2. The molecule has 7 nitrogen and oxygen atoms in total. The second-order valence-corrected chi connectivity index (χ2v) is 11.2. The fraction of sp³-hybridized carbons (Fsp3) is 0.242. The van der Waals surface area contributed by atoms with Crippen LogP contribution in [-0.2, 0) is 9.59 Å². The van der Waals surface area contributed by atoms with Gasteiger partial charge in [0.1, 0.15) is 5.75 Å². The predicted molar refractivity (Wildman–Crippen MR) is 159 cm³/mol. The van der Waals surface area contributed by atoms with E-state index in [1.165, 1.54) is 0 Å². The average Bonchev–Trinajstić information content (AvgIpc) is 3.06. The second-order valence-electron chi connectivity index (χ2n) is 11.2. The number of rotatable bonds is 5. The monoisotopic (exact) mass is 532 g/mol. The van der Waals surface area contributed by atoms with Crippen molar-refractivity contribution in [2.75, 3.05) is 29.2 Å². The van der Waals surface area contributed by atoms with Crippen LogP contribution in [0.1, 0.15) is 38.3 Å². The first kappa shape index (κ1) is 25.6. The Hall–Kier alpha value is -4.65. The standard InChI is InChI=1S/C33H32N4O3/c1-33(2)17-26-31(28(38)18-33)32(23-11-5-9-15-29(23)40-3)37(27-14-8-7-13-25(27)36-26)20-30(39)35-22-16-21-10-4-6-12-24(21)34-19-22/h4-16,19,32,36H,17-18,20H2,1-3H3,(H,35,39). The van der Waals surface area contributed by atoms with Crippen LogP contribution in [0.3, 0.4) is 0 Å². The van der Waals surface area contributed by atoms with Crippen molar-refractivity contribution in [3.8, 4) is 5.75 Å². The van der Waals surface area contributed by atoms with Crippen molar-refractivity contribution in [2.24, 2.45) is 5.41 Å². The van der Waals surface area contributed by atoms with E-state index in [4.69, 9.17) is 4.74 Å². The second kappa shape index (κ2) is 10.2. The van der Waals surface area contributed by atoms with E-state index in [0.717, 1.165) is 40.0 Å². The Morgan fingerprint density at radius 1 is 1.05 bits per heavy atom. The molecule has 1 atom stereocenters. The molecular formula is C33H32N4O3. The first-order chi connectivity index (χ1) is 19.3. The van der Waals surface area contributed by atoms with Crippen molar-refractivity contribution in [3.05, 3.63) is 102 Å². The summed E-state index contributed by atoms with van der Waals surface area (Å²) in [7, 11) is 1.63. The van der Waals surface area contributed by atoms with Gasteiger partial charge in [0, 0.05) is 28.6 Å². The summed E-state index contributed by atoms with van der Waals surface area (Å²) < 4.78 is 5.78. The van der Waals surface area contributed by atoms with E-state index >= 15 is 0 Å². The Morgan fingerprint density at radius 3 is 2.65 bits per heavy atom. The molecule has 202 valence electrons. The first-order valence-electron chi connectivity index (χ1n) is 13.5. The van der Waals surface area contributed by atoms with Crippen molar-refractivity contribution in [1.82, 2.24) is 4.98 Å². The Labute approximate surface area is 233 Å². The van der Waals surface area contributed by atoms with Crippen LogP contribution in [0, 0.1) is 5.41 Å². The third-order valence-corrected chi connectivity index (χ3v) is 7.63. The highest BCUT2D eigenvalue weighted by atomic mass is 16.5. The molecule has 0 fully saturated rings. The number of ketones is 1. The molecule has 1 unspecified atom stereocenters. The number of allylic oxidation sites excluding steroid dienone is 1. The molecular weight excluding hydrogens is 500 g/mol. The van der Waals surface area contributed by atoms with E-state index in [9.17, 15) is 9.59 Å². The maximum absolute atomic E-state index is 13.9. The zero-order valence-electron chi connectivity index (χ0n) is 22.9. The molecule has 0 saturated heterocycles. The van der Waals surface area contributed by atoms with Gasteiger partial charge in [0.2, 0.25) is 5.91 Å². The third-order valence-electron chi connectivity index (χ3n) is 7.63. The minimum Gasteiger partial charge on any atom is -0.496 e. The molecule has 40 heavy (non-hydrogen) atoms. The van der Waals surface area contributed by atoms with Crippen LogP contribution in [0.4, 0.5) is 17.1 Å². The van der Waals surface area contributed by atoms with Crippen molar-refractivity contribution in [2.45, 2.75) is 32.7 Å². The van der Waals surface area contributed by atoms with Crippen LogP contribution >= 0.6 is 0 Å². The fourth-order valence-corrected chi connectivity index (χ4v) is 5.94. The number of carbonyl (C=O) groups is 2. The van der Waals surface area contributed by atoms with Gasteiger partial charge in [-0.05, 0) is 42.2 Å². The highest BCUT2D eigenvalue weighted by Gasteiger charge is 2.42. The number of anilines is 3. The summed E-state index contributed by atoms with van der Waals surface area (Å²) in [6.45, 7) is 4.25. The van der Waals surface area contributed by atoms with Crippen LogP contribution < -0.4 is 20.3 Å². The number of Topliss-reactive ketones (excluding diaryl/α,β-unsaturated/α-hetero) is 1. The molecule has 1 aliphatic heterocycles. The summed E-state index contributed by atoms with van der Waals surface area (Å²) in [5.74, 6) is 0.534. The van der Waals surface area contributed by atoms with E-state index in [0.29, 0.717) is 23.4 Å². The predicted octanol–water partition coefficient (Wildman–Crippen LogP) is 6.50. The molecule has 0 spiro atoms. The molecule has 0 saturated carbocycles. The number of hydrogen-bond acceptors (Lipinski definition) is 6. The van der Waals surface area contributed by atoms with Crippen LogP contribution in [0.5, 0.6) is 5.75 Å². The first-order valence-corrected chi connectivity index (χ1v) is 13.5. The van der Waals surface area contributed by atoms with Gasteiger partial charge in [-0.3, -0.25) is 14.6 Å². The topological polar surface area (TPSA) is 83.6 Å². The van der Waals surface area contributed by atoms with Gasteiger partial charge in [0.25, 0.3) is 0 Å². The number of ether oxygens (including phenoxy) is 1. The summed E-state index contributed by atoms with van der Waals surface area (Å²) in [6, 6.07) is 24.8. The maximum Gasteiger partial charge on any atom is 0.243 e. The zero-order valence-corrected chi connectivity index (χ0v) is 22.9. The lowest BCUT2D eigenvalue weighted by atomic mass is 9.73. The van der Waals surface area contributed by atoms with E-state index in [-0.39, 0.29) is 23.7 Å². The highest BCUT2D eigenvalue weighted by Crippen LogP contribution is 2.49. The summed E-state index contributed by atoms with van der Waals surface area (Å²) in [6.07, 6.45) is 2.82. The third kappa shape index (κ3) is 4.79. The lowest BCUT2D eigenvalue weighted by molar-refractivity contribution is -0.119. The molecule has 6 rings (SSSR count). The number of aromatic nitrogens is 1. The lowest BCUT2D eigenvalue weighted by Gasteiger charge is -2.38. The summed E-state index contributed by atoms with van der Waals surface area (Å²) >= 11 is 0. The molecule has 2 aliphatic rings. The molecule has 0 radical (unpaired) electrons. The minimum absolute atomic E-state index is 0.0156. The number of pyridine rings is 1. The normalized spacial score (nSPS) is 17.9. The van der Waals surface area contributed by atoms with E-state index in [1.807, 2.05) is 83.8 Å². The Bertz CT molecular complexity index is 1660. The minimum atomic E-state index is -0.522. The molecule has 4 aromatic rings. The quantitative estimate of drug-likeness (QED) is 0.305. The van der Waals surface area contributed by atoms with Crippen molar-refractivity contribution >= 4 is 39.7 Å².